The lowest BCUT2D eigenvalue weighted by atomic mass is 10.3. The number of nitrogens with two attached hydrogens (primary N) is 1. The Morgan fingerprint density at radius 3 is 2.41 bits per heavy atom. The minimum atomic E-state index is -0.715. The number of methoxy groups -OCH3 is 1. The summed E-state index contributed by atoms with van der Waals surface area (Å²) in [5.41, 5.74) is 6.20. The summed E-state index contributed by atoms with van der Waals surface area (Å²) in [5, 5.41) is 10.0. The maximum Gasteiger partial charge on any atom is 0.362 e. The molecule has 138 valence electrons. The van der Waals surface area contributed by atoms with Crippen LogP contribution in [0.25, 0.3) is 0 Å². The zero-order valence-corrected chi connectivity index (χ0v) is 14.5. The van der Waals surface area contributed by atoms with E-state index in [4.69, 9.17) is 10.5 Å². The molecule has 0 spiro atoms. The fourth-order valence-electron chi connectivity index (χ4n) is 2.25. The average molecular weight is 367 g/mol. The van der Waals surface area contributed by atoms with Gasteiger partial charge in [0.25, 0.3) is 0 Å². The highest BCUT2D eigenvalue weighted by atomic mass is 16.5. The van der Waals surface area contributed by atoms with Crippen molar-refractivity contribution in [2.75, 3.05) is 18.2 Å². The first-order valence-electron chi connectivity index (χ1n) is 7.97. The molecule has 0 fully saturated rings. The minimum Gasteiger partial charge on any atom is -0.464 e. The van der Waals surface area contributed by atoms with E-state index in [1.165, 1.54) is 7.11 Å². The van der Waals surface area contributed by atoms with Gasteiger partial charge in [0.15, 0.2) is 5.82 Å². The van der Waals surface area contributed by atoms with E-state index in [1.807, 2.05) is 30.3 Å². The number of anilines is 2. The van der Waals surface area contributed by atoms with Crippen LogP contribution in [0.15, 0.2) is 54.6 Å². The molecule has 1 heterocycles. The Morgan fingerprint density at radius 1 is 1.07 bits per heavy atom. The summed E-state index contributed by atoms with van der Waals surface area (Å²) >= 11 is 0. The van der Waals surface area contributed by atoms with Crippen LogP contribution in [-0.4, -0.2) is 34.0 Å². The minimum absolute atomic E-state index is 0.0383. The van der Waals surface area contributed by atoms with Crippen LogP contribution >= 0.6 is 0 Å². The first kappa shape index (κ1) is 17.9. The molecule has 3 N–H and O–H groups in total. The van der Waals surface area contributed by atoms with Crippen molar-refractivity contribution in [2.24, 2.45) is 0 Å². The number of carbonyl (C=O) groups is 2. The maximum atomic E-state index is 12.2. The number of rotatable bonds is 6. The molecule has 3 aromatic rings. The summed E-state index contributed by atoms with van der Waals surface area (Å²) in [7, 11) is 1.21. The van der Waals surface area contributed by atoms with Crippen LogP contribution in [0, 0.1) is 0 Å². The normalized spacial score (nSPS) is 10.3. The van der Waals surface area contributed by atoms with Crippen LogP contribution in [0.4, 0.5) is 11.5 Å². The van der Waals surface area contributed by atoms with Gasteiger partial charge in [-0.05, 0) is 36.4 Å². The molecule has 0 aliphatic heterocycles. The van der Waals surface area contributed by atoms with Gasteiger partial charge in [-0.3, -0.25) is 4.79 Å². The Kier molecular flexibility index (Phi) is 5.31. The first-order valence-corrected chi connectivity index (χ1v) is 7.97. The van der Waals surface area contributed by atoms with Gasteiger partial charge in [0.1, 0.15) is 18.0 Å². The lowest BCUT2D eigenvalue weighted by Gasteiger charge is -2.08. The number of benzene rings is 2. The zero-order valence-electron chi connectivity index (χ0n) is 14.5. The first-order chi connectivity index (χ1) is 13.1. The molecule has 0 bridgehead atoms. The number of esters is 1. The van der Waals surface area contributed by atoms with Crippen LogP contribution < -0.4 is 15.8 Å². The molecular weight excluding hydrogens is 350 g/mol. The Hall–Kier alpha value is -3.88. The third-order valence-electron chi connectivity index (χ3n) is 3.56. The van der Waals surface area contributed by atoms with Crippen molar-refractivity contribution < 1.29 is 19.1 Å². The predicted octanol–water partition coefficient (Wildman–Crippen LogP) is 2.08. The molecule has 1 aromatic heterocycles. The van der Waals surface area contributed by atoms with Crippen LogP contribution in [0.3, 0.4) is 0 Å². The Bertz CT molecular complexity index is 938. The Labute approximate surface area is 154 Å². The van der Waals surface area contributed by atoms with Crippen molar-refractivity contribution in [3.63, 3.8) is 0 Å². The van der Waals surface area contributed by atoms with Crippen LogP contribution in [0.1, 0.15) is 10.5 Å². The van der Waals surface area contributed by atoms with Gasteiger partial charge in [0, 0.05) is 5.69 Å². The molecule has 0 aliphatic carbocycles. The quantitative estimate of drug-likeness (QED) is 0.640. The fourth-order valence-corrected chi connectivity index (χ4v) is 2.25. The molecule has 9 heteroatoms. The van der Waals surface area contributed by atoms with Crippen molar-refractivity contribution in [3.8, 4) is 11.5 Å². The number of carbonyl (C=O) groups excluding carboxylic acids is 2. The van der Waals surface area contributed by atoms with Crippen molar-refractivity contribution in [1.82, 2.24) is 15.0 Å². The third kappa shape index (κ3) is 4.40. The molecule has 0 saturated carbocycles. The smallest absolute Gasteiger partial charge is 0.362 e. The second-order valence-electron chi connectivity index (χ2n) is 5.46. The SMILES string of the molecule is COC(=O)c1nnn(CC(=O)Nc2ccc(Oc3ccccc3)cc2)c1N. The second kappa shape index (κ2) is 8.00. The van der Waals surface area contributed by atoms with Gasteiger partial charge in [-0.25, -0.2) is 9.48 Å². The highest BCUT2D eigenvalue weighted by Crippen LogP contribution is 2.22. The highest BCUT2D eigenvalue weighted by molar-refractivity contribution is 5.93. The van der Waals surface area contributed by atoms with Crippen LogP contribution in [-0.2, 0) is 16.1 Å². The Morgan fingerprint density at radius 2 is 1.74 bits per heavy atom. The van der Waals surface area contributed by atoms with Gasteiger partial charge in [-0.15, -0.1) is 5.10 Å². The van der Waals surface area contributed by atoms with Crippen molar-refractivity contribution in [2.45, 2.75) is 6.54 Å². The molecule has 0 radical (unpaired) electrons. The number of nitrogen functional groups attached to an aromatic ring is 1. The summed E-state index contributed by atoms with van der Waals surface area (Å²) in [6.07, 6.45) is 0. The summed E-state index contributed by atoms with van der Waals surface area (Å²) in [6, 6.07) is 16.3. The molecular formula is C18H17N5O4. The molecule has 1 amide bonds. The maximum absolute atomic E-state index is 12.2. The van der Waals surface area contributed by atoms with E-state index in [0.29, 0.717) is 11.4 Å². The zero-order chi connectivity index (χ0) is 19.2. The van der Waals surface area contributed by atoms with E-state index in [0.717, 1.165) is 10.4 Å². The van der Waals surface area contributed by atoms with Gasteiger partial charge >= 0.3 is 5.97 Å². The number of hydrogen-bond donors (Lipinski definition) is 2. The summed E-state index contributed by atoms with van der Waals surface area (Å²) in [5.74, 6) is 0.233. The molecule has 2 aromatic carbocycles. The van der Waals surface area contributed by atoms with Crippen LogP contribution in [0.5, 0.6) is 11.5 Å². The van der Waals surface area contributed by atoms with Gasteiger partial charge in [0.05, 0.1) is 7.11 Å². The number of aromatic nitrogens is 3. The Balaban J connectivity index is 1.60. The molecule has 0 unspecified atom stereocenters. The average Bonchev–Trinajstić information content (AvgIpc) is 3.04. The van der Waals surface area contributed by atoms with E-state index < -0.39 is 5.97 Å². The van der Waals surface area contributed by atoms with E-state index in [2.05, 4.69) is 20.4 Å². The largest absolute Gasteiger partial charge is 0.464 e. The molecule has 0 aliphatic rings. The number of para-hydroxylation sites is 1. The number of ether oxygens (including phenoxy) is 2. The van der Waals surface area contributed by atoms with Gasteiger partial charge in [-0.1, -0.05) is 23.4 Å². The topological polar surface area (TPSA) is 121 Å². The highest BCUT2D eigenvalue weighted by Gasteiger charge is 2.19. The van der Waals surface area contributed by atoms with Crippen molar-refractivity contribution in [3.05, 3.63) is 60.3 Å². The number of amides is 1. The van der Waals surface area contributed by atoms with E-state index in [9.17, 15) is 9.59 Å². The van der Waals surface area contributed by atoms with Crippen molar-refractivity contribution >= 4 is 23.4 Å². The van der Waals surface area contributed by atoms with E-state index in [1.54, 1.807) is 24.3 Å². The summed E-state index contributed by atoms with van der Waals surface area (Å²) in [6.45, 7) is -0.196. The standard InChI is InChI=1S/C18H17N5O4/c1-26-18(25)16-17(19)23(22-21-16)11-15(24)20-12-7-9-14(10-8-12)27-13-5-3-2-4-6-13/h2-10H,11,19H2,1H3,(H,20,24). The summed E-state index contributed by atoms with van der Waals surface area (Å²) in [4.78, 5) is 23.6. The lowest BCUT2D eigenvalue weighted by molar-refractivity contribution is -0.116. The molecule has 3 rings (SSSR count). The number of hydrogen-bond acceptors (Lipinski definition) is 7. The van der Waals surface area contributed by atoms with Gasteiger partial charge in [0.2, 0.25) is 11.6 Å². The molecule has 27 heavy (non-hydrogen) atoms. The predicted molar refractivity (Wildman–Crippen MR) is 97.4 cm³/mol. The van der Waals surface area contributed by atoms with Gasteiger partial charge in [-0.2, -0.15) is 0 Å². The van der Waals surface area contributed by atoms with E-state index in [-0.39, 0.29) is 24.0 Å². The fraction of sp³-hybridized carbons (Fsp3) is 0.111. The molecule has 0 atom stereocenters. The number of nitrogens with zero attached hydrogens (tertiary/aromatic N) is 3. The summed E-state index contributed by atoms with van der Waals surface area (Å²) < 4.78 is 11.3. The molecule has 0 saturated heterocycles. The molecule has 9 nitrogen and oxygen atoms in total. The lowest BCUT2D eigenvalue weighted by Crippen LogP contribution is -2.21. The third-order valence-corrected chi connectivity index (χ3v) is 3.56. The number of nitrogens with one attached hydrogen (secondary N) is 1. The van der Waals surface area contributed by atoms with Crippen LogP contribution in [0.2, 0.25) is 0 Å². The second-order valence-corrected chi connectivity index (χ2v) is 5.46. The van der Waals surface area contributed by atoms with Crippen molar-refractivity contribution in [1.29, 1.82) is 0 Å². The monoisotopic (exact) mass is 367 g/mol. The van der Waals surface area contributed by atoms with Gasteiger partial charge < -0.3 is 20.5 Å². The van der Waals surface area contributed by atoms with E-state index >= 15 is 0 Å².